The van der Waals surface area contributed by atoms with E-state index in [2.05, 4.69) is 13.0 Å². The molecule has 5 heteroatoms. The molecule has 1 aliphatic carbocycles. The van der Waals surface area contributed by atoms with Crippen LogP contribution in [-0.2, 0) is 14.3 Å². The lowest BCUT2D eigenvalue weighted by Gasteiger charge is -2.43. The molecule has 0 spiro atoms. The Morgan fingerprint density at radius 3 is 2.53 bits per heavy atom. The molecule has 0 bridgehead atoms. The van der Waals surface area contributed by atoms with Crippen LogP contribution >= 0.6 is 0 Å². The fourth-order valence-electron chi connectivity index (χ4n) is 2.76. The van der Waals surface area contributed by atoms with Crippen molar-refractivity contribution in [1.29, 1.82) is 5.26 Å². The van der Waals surface area contributed by atoms with Gasteiger partial charge in [-0.2, -0.15) is 5.26 Å². The minimum atomic E-state index is -0.824. The predicted molar refractivity (Wildman–Crippen MR) is 71.4 cm³/mol. The number of hydrogen-bond acceptors (Lipinski definition) is 4. The first-order valence-corrected chi connectivity index (χ1v) is 6.71. The van der Waals surface area contributed by atoms with Crippen LogP contribution in [0, 0.1) is 22.7 Å². The third kappa shape index (κ3) is 3.46. The number of carbonyl (C=O) groups is 1. The molecule has 0 saturated heterocycles. The van der Waals surface area contributed by atoms with Gasteiger partial charge in [-0.05, 0) is 25.7 Å². The lowest BCUT2D eigenvalue weighted by atomic mass is 9.62. The van der Waals surface area contributed by atoms with Gasteiger partial charge in [-0.25, -0.2) is 0 Å². The number of ether oxygens (including phenoxy) is 2. The van der Waals surface area contributed by atoms with Crippen LogP contribution in [0.4, 0.5) is 0 Å². The molecule has 0 aliphatic heterocycles. The first-order valence-electron chi connectivity index (χ1n) is 6.71. The van der Waals surface area contributed by atoms with Gasteiger partial charge < -0.3 is 14.4 Å². The second kappa shape index (κ2) is 6.88. The van der Waals surface area contributed by atoms with Gasteiger partial charge in [-0.1, -0.05) is 6.92 Å². The highest BCUT2D eigenvalue weighted by Crippen LogP contribution is 2.46. The highest BCUT2D eigenvalue weighted by molar-refractivity contribution is 5.86. The van der Waals surface area contributed by atoms with E-state index < -0.39 is 5.41 Å². The fourth-order valence-corrected chi connectivity index (χ4v) is 2.76. The summed E-state index contributed by atoms with van der Waals surface area (Å²) in [6.45, 7) is 5.44. The van der Waals surface area contributed by atoms with E-state index >= 15 is 0 Å². The number of amides is 1. The zero-order valence-corrected chi connectivity index (χ0v) is 12.3. The summed E-state index contributed by atoms with van der Waals surface area (Å²) >= 11 is 0. The number of nitrogens with zero attached hydrogens (tertiary/aromatic N) is 2. The predicted octanol–water partition coefficient (Wildman–Crippen LogP) is 1.44. The van der Waals surface area contributed by atoms with E-state index in [4.69, 9.17) is 9.47 Å². The monoisotopic (exact) mass is 268 g/mol. The third-order valence-corrected chi connectivity index (χ3v) is 3.75. The topological polar surface area (TPSA) is 62.6 Å². The summed E-state index contributed by atoms with van der Waals surface area (Å²) in [5, 5.41) is 9.35. The Morgan fingerprint density at radius 1 is 1.47 bits per heavy atom. The Balaban J connectivity index is 2.79. The molecule has 1 amide bonds. The molecular weight excluding hydrogens is 244 g/mol. The molecule has 1 atom stereocenters. The van der Waals surface area contributed by atoms with Crippen molar-refractivity contribution in [1.82, 2.24) is 4.90 Å². The Morgan fingerprint density at radius 2 is 2.11 bits per heavy atom. The van der Waals surface area contributed by atoms with Gasteiger partial charge >= 0.3 is 0 Å². The average Bonchev–Trinajstić information content (AvgIpc) is 2.35. The molecule has 1 fully saturated rings. The van der Waals surface area contributed by atoms with Crippen LogP contribution in [-0.4, -0.2) is 50.8 Å². The number of nitriles is 1. The van der Waals surface area contributed by atoms with Crippen molar-refractivity contribution in [2.24, 2.45) is 11.3 Å². The van der Waals surface area contributed by atoms with Crippen molar-refractivity contribution < 1.29 is 14.3 Å². The fraction of sp³-hybridized carbons (Fsp3) is 0.857. The summed E-state index contributed by atoms with van der Waals surface area (Å²) in [4.78, 5) is 14.4. The van der Waals surface area contributed by atoms with Crippen molar-refractivity contribution in [3.05, 3.63) is 0 Å². The smallest absolute Gasteiger partial charge is 0.243 e. The molecule has 1 unspecified atom stereocenters. The normalized spacial score (nSPS) is 27.2. The largest absolute Gasteiger partial charge is 0.383 e. The van der Waals surface area contributed by atoms with Crippen LogP contribution in [0.2, 0.25) is 0 Å². The molecule has 0 aromatic rings. The van der Waals surface area contributed by atoms with Crippen LogP contribution in [0.3, 0.4) is 0 Å². The van der Waals surface area contributed by atoms with Crippen LogP contribution in [0.1, 0.15) is 26.7 Å². The second-order valence-corrected chi connectivity index (χ2v) is 5.50. The van der Waals surface area contributed by atoms with E-state index in [1.165, 1.54) is 0 Å². The van der Waals surface area contributed by atoms with Gasteiger partial charge in [-0.15, -0.1) is 0 Å². The van der Waals surface area contributed by atoms with Crippen molar-refractivity contribution in [2.75, 3.05) is 34.0 Å². The summed E-state index contributed by atoms with van der Waals surface area (Å²) in [7, 11) is 3.22. The molecule has 0 aromatic heterocycles. The molecular formula is C14H24N2O3. The second-order valence-electron chi connectivity index (χ2n) is 5.50. The van der Waals surface area contributed by atoms with Crippen LogP contribution in [0.5, 0.6) is 0 Å². The van der Waals surface area contributed by atoms with Gasteiger partial charge in [0.25, 0.3) is 0 Å². The van der Waals surface area contributed by atoms with E-state index in [1.807, 2.05) is 6.92 Å². The van der Waals surface area contributed by atoms with Gasteiger partial charge in [0, 0.05) is 20.8 Å². The van der Waals surface area contributed by atoms with Gasteiger partial charge in [-0.3, -0.25) is 4.79 Å². The molecule has 0 radical (unpaired) electrons. The summed E-state index contributed by atoms with van der Waals surface area (Å²) in [5.41, 5.74) is -0.824. The van der Waals surface area contributed by atoms with E-state index in [1.54, 1.807) is 19.1 Å². The molecule has 0 heterocycles. The molecule has 0 N–H and O–H groups in total. The van der Waals surface area contributed by atoms with Crippen molar-refractivity contribution in [3.8, 4) is 6.07 Å². The van der Waals surface area contributed by atoms with E-state index in [0.29, 0.717) is 38.5 Å². The first kappa shape index (κ1) is 15.9. The minimum absolute atomic E-state index is 0.0474. The number of hydrogen-bond donors (Lipinski definition) is 0. The maximum absolute atomic E-state index is 12.6. The maximum atomic E-state index is 12.6. The molecule has 0 aromatic carbocycles. The quantitative estimate of drug-likeness (QED) is 0.701. The summed E-state index contributed by atoms with van der Waals surface area (Å²) in [6, 6.07) is 2.18. The van der Waals surface area contributed by atoms with Crippen molar-refractivity contribution in [2.45, 2.75) is 32.7 Å². The Kier molecular flexibility index (Phi) is 5.77. The number of rotatable bonds is 7. The molecule has 1 saturated carbocycles. The van der Waals surface area contributed by atoms with Gasteiger partial charge in [0.2, 0.25) is 5.91 Å². The molecule has 1 aliphatic rings. The van der Waals surface area contributed by atoms with Crippen LogP contribution in [0.25, 0.3) is 0 Å². The minimum Gasteiger partial charge on any atom is -0.383 e. The van der Waals surface area contributed by atoms with Crippen molar-refractivity contribution >= 4 is 5.91 Å². The highest BCUT2D eigenvalue weighted by atomic mass is 16.5. The summed E-state index contributed by atoms with van der Waals surface area (Å²) < 4.78 is 10.2. The van der Waals surface area contributed by atoms with E-state index in [9.17, 15) is 10.1 Å². The summed E-state index contributed by atoms with van der Waals surface area (Å²) in [6.07, 6.45) is 1.32. The zero-order valence-electron chi connectivity index (χ0n) is 12.3. The molecule has 19 heavy (non-hydrogen) atoms. The number of carbonyl (C=O) groups excluding carboxylic acids is 1. The van der Waals surface area contributed by atoms with Gasteiger partial charge in [0.1, 0.15) is 5.41 Å². The first-order chi connectivity index (χ1) is 9.00. The summed E-state index contributed by atoms with van der Waals surface area (Å²) in [5.74, 6) is 0.375. The zero-order chi connectivity index (χ0) is 14.5. The van der Waals surface area contributed by atoms with E-state index in [0.717, 1.165) is 0 Å². The lowest BCUT2D eigenvalue weighted by molar-refractivity contribution is -0.149. The van der Waals surface area contributed by atoms with Gasteiger partial charge in [0.15, 0.2) is 0 Å². The third-order valence-electron chi connectivity index (χ3n) is 3.75. The lowest BCUT2D eigenvalue weighted by Crippen LogP contribution is -2.54. The Hall–Kier alpha value is -1.12. The Labute approximate surface area is 115 Å². The Bertz CT molecular complexity index is 345. The molecule has 5 nitrogen and oxygen atoms in total. The maximum Gasteiger partial charge on any atom is 0.243 e. The van der Waals surface area contributed by atoms with Gasteiger partial charge in [0.05, 0.1) is 25.3 Å². The SMILES string of the molecule is COCCN(C(=O)C1(C#N)CC(C)C1)C(C)COC. The number of methoxy groups -OCH3 is 2. The average molecular weight is 268 g/mol. The van der Waals surface area contributed by atoms with Crippen LogP contribution in [0.15, 0.2) is 0 Å². The highest BCUT2D eigenvalue weighted by Gasteiger charge is 2.51. The molecule has 108 valence electrons. The molecule has 1 rings (SSSR count). The van der Waals surface area contributed by atoms with E-state index in [-0.39, 0.29) is 11.9 Å². The standard InChI is InChI=1S/C14H24N2O3/c1-11-7-14(8-11,10-15)13(17)16(5-6-18-3)12(2)9-19-4/h11-12H,5-9H2,1-4H3. The van der Waals surface area contributed by atoms with Crippen LogP contribution < -0.4 is 0 Å². The van der Waals surface area contributed by atoms with Crippen molar-refractivity contribution in [3.63, 3.8) is 0 Å².